The summed E-state index contributed by atoms with van der Waals surface area (Å²) in [4.78, 5) is 6.36. The van der Waals surface area contributed by atoms with E-state index in [0.717, 1.165) is 24.2 Å². The number of benzene rings is 1. The van der Waals surface area contributed by atoms with Crippen molar-refractivity contribution >= 4 is 22.3 Å². The monoisotopic (exact) mass is 277 g/mol. The van der Waals surface area contributed by atoms with Crippen LogP contribution in [0.3, 0.4) is 0 Å². The Kier molecular flexibility index (Phi) is 3.42. The summed E-state index contributed by atoms with van der Waals surface area (Å²) in [5.74, 6) is 0. The minimum Gasteiger partial charge on any atom is -0.388 e. The first-order valence-electron chi connectivity index (χ1n) is 6.84. The molecule has 0 amide bonds. The summed E-state index contributed by atoms with van der Waals surface area (Å²) in [5.41, 5.74) is 2.26. The molecule has 0 radical (unpaired) electrons. The predicted molar refractivity (Wildman–Crippen MR) is 77.7 cm³/mol. The molecule has 1 N–H and O–H groups in total. The van der Waals surface area contributed by atoms with Gasteiger partial charge in [-0.05, 0) is 37.1 Å². The standard InChI is InChI=1S/C15H17F2N3/c1-18-13-9-14(15(16)17)19-12-5-4-10(8-11(12)13)20-6-2-3-7-20/h4-5,8-9,15H,2-3,6-7H2,1H3,(H,18,19). The van der Waals surface area contributed by atoms with Gasteiger partial charge in [0.15, 0.2) is 0 Å². The second kappa shape index (κ2) is 5.23. The molecule has 3 nitrogen and oxygen atoms in total. The average molecular weight is 277 g/mol. The van der Waals surface area contributed by atoms with Gasteiger partial charge in [0, 0.05) is 36.9 Å². The van der Waals surface area contributed by atoms with Gasteiger partial charge in [-0.2, -0.15) is 0 Å². The Balaban J connectivity index is 2.10. The molecule has 0 saturated carbocycles. The van der Waals surface area contributed by atoms with Crippen LogP contribution in [0.1, 0.15) is 25.0 Å². The zero-order valence-corrected chi connectivity index (χ0v) is 11.4. The third-order valence-corrected chi connectivity index (χ3v) is 3.78. The fraction of sp³-hybridized carbons (Fsp3) is 0.400. The molecule has 0 spiro atoms. The molecule has 1 fully saturated rings. The van der Waals surface area contributed by atoms with Crippen molar-refractivity contribution in [3.63, 3.8) is 0 Å². The number of rotatable bonds is 3. The highest BCUT2D eigenvalue weighted by Crippen LogP contribution is 2.31. The Morgan fingerprint density at radius 1 is 1.20 bits per heavy atom. The van der Waals surface area contributed by atoms with Gasteiger partial charge in [0.05, 0.1) is 5.52 Å². The summed E-state index contributed by atoms with van der Waals surface area (Å²) >= 11 is 0. The van der Waals surface area contributed by atoms with Crippen LogP contribution in [0.2, 0.25) is 0 Å². The summed E-state index contributed by atoms with van der Waals surface area (Å²) in [7, 11) is 1.74. The Morgan fingerprint density at radius 2 is 1.95 bits per heavy atom. The molecule has 0 aliphatic carbocycles. The number of aromatic nitrogens is 1. The maximum absolute atomic E-state index is 12.8. The molecular formula is C15H17F2N3. The van der Waals surface area contributed by atoms with E-state index in [1.807, 2.05) is 18.2 Å². The molecule has 1 aromatic heterocycles. The lowest BCUT2D eigenvalue weighted by molar-refractivity contribution is 0.146. The summed E-state index contributed by atoms with van der Waals surface area (Å²) < 4.78 is 25.7. The van der Waals surface area contributed by atoms with Gasteiger partial charge < -0.3 is 10.2 Å². The van der Waals surface area contributed by atoms with Gasteiger partial charge in [-0.15, -0.1) is 0 Å². The highest BCUT2D eigenvalue weighted by atomic mass is 19.3. The van der Waals surface area contributed by atoms with E-state index in [1.54, 1.807) is 7.05 Å². The zero-order valence-electron chi connectivity index (χ0n) is 11.4. The molecule has 3 rings (SSSR count). The molecule has 106 valence electrons. The van der Waals surface area contributed by atoms with Crippen molar-refractivity contribution in [2.45, 2.75) is 19.3 Å². The molecule has 2 aromatic rings. The van der Waals surface area contributed by atoms with E-state index < -0.39 is 6.43 Å². The van der Waals surface area contributed by atoms with E-state index >= 15 is 0 Å². The number of hydrogen-bond acceptors (Lipinski definition) is 3. The van der Waals surface area contributed by atoms with Gasteiger partial charge in [-0.3, -0.25) is 0 Å². The molecule has 0 bridgehead atoms. The van der Waals surface area contributed by atoms with E-state index in [9.17, 15) is 8.78 Å². The van der Waals surface area contributed by atoms with Crippen LogP contribution >= 0.6 is 0 Å². The molecule has 1 saturated heterocycles. The van der Waals surface area contributed by atoms with Gasteiger partial charge in [0.25, 0.3) is 6.43 Å². The first-order chi connectivity index (χ1) is 9.69. The Hall–Kier alpha value is -1.91. The fourth-order valence-corrected chi connectivity index (χ4v) is 2.72. The highest BCUT2D eigenvalue weighted by molar-refractivity contribution is 5.94. The summed E-state index contributed by atoms with van der Waals surface area (Å²) in [5, 5.41) is 3.88. The van der Waals surface area contributed by atoms with Crippen molar-refractivity contribution in [1.29, 1.82) is 0 Å². The van der Waals surface area contributed by atoms with Crippen molar-refractivity contribution in [1.82, 2.24) is 4.98 Å². The first kappa shape index (κ1) is 13.1. The van der Waals surface area contributed by atoms with Crippen molar-refractivity contribution in [3.05, 3.63) is 30.0 Å². The van der Waals surface area contributed by atoms with E-state index in [4.69, 9.17) is 0 Å². The summed E-state index contributed by atoms with van der Waals surface area (Å²) in [6, 6.07) is 7.26. The number of fused-ring (bicyclic) bond motifs is 1. The van der Waals surface area contributed by atoms with E-state index in [-0.39, 0.29) is 5.69 Å². The Morgan fingerprint density at radius 3 is 2.60 bits per heavy atom. The minimum atomic E-state index is -2.55. The number of nitrogens with zero attached hydrogens (tertiary/aromatic N) is 2. The summed E-state index contributed by atoms with van der Waals surface area (Å²) in [6.07, 6.45) is -0.135. The molecule has 1 aliphatic rings. The maximum atomic E-state index is 12.8. The number of hydrogen-bond donors (Lipinski definition) is 1. The van der Waals surface area contributed by atoms with E-state index in [0.29, 0.717) is 11.2 Å². The minimum absolute atomic E-state index is 0.184. The van der Waals surface area contributed by atoms with Crippen LogP contribution in [0.15, 0.2) is 24.3 Å². The van der Waals surface area contributed by atoms with Gasteiger partial charge >= 0.3 is 0 Å². The molecule has 0 atom stereocenters. The Labute approximate surface area is 116 Å². The van der Waals surface area contributed by atoms with Crippen molar-refractivity contribution < 1.29 is 8.78 Å². The molecule has 1 aliphatic heterocycles. The van der Waals surface area contributed by atoms with E-state index in [2.05, 4.69) is 15.2 Å². The van der Waals surface area contributed by atoms with Gasteiger partial charge in [-0.25, -0.2) is 13.8 Å². The number of anilines is 2. The maximum Gasteiger partial charge on any atom is 0.280 e. The Bertz CT molecular complexity index is 622. The summed E-state index contributed by atoms with van der Waals surface area (Å²) in [6.45, 7) is 2.12. The van der Waals surface area contributed by atoms with Gasteiger partial charge in [0.2, 0.25) is 0 Å². The third kappa shape index (κ3) is 2.28. The SMILES string of the molecule is CNc1cc(C(F)F)nc2ccc(N3CCCC3)cc12. The van der Waals surface area contributed by atoms with E-state index in [1.165, 1.54) is 18.9 Å². The lowest BCUT2D eigenvalue weighted by atomic mass is 10.1. The van der Waals surface area contributed by atoms with Crippen LogP contribution in [0, 0.1) is 0 Å². The molecule has 20 heavy (non-hydrogen) atoms. The normalized spacial score (nSPS) is 15.3. The molecule has 0 unspecified atom stereocenters. The van der Waals surface area contributed by atoms with Crippen molar-refractivity contribution in [3.8, 4) is 0 Å². The van der Waals surface area contributed by atoms with Crippen molar-refractivity contribution in [2.75, 3.05) is 30.4 Å². The van der Waals surface area contributed by atoms with Crippen molar-refractivity contribution in [2.24, 2.45) is 0 Å². The number of nitrogens with one attached hydrogen (secondary N) is 1. The lowest BCUT2D eigenvalue weighted by Gasteiger charge is -2.19. The van der Waals surface area contributed by atoms with Crippen LogP contribution in [0.5, 0.6) is 0 Å². The second-order valence-corrected chi connectivity index (χ2v) is 5.04. The topological polar surface area (TPSA) is 28.2 Å². The molecular weight excluding hydrogens is 260 g/mol. The van der Waals surface area contributed by atoms with Gasteiger partial charge in [0.1, 0.15) is 5.69 Å². The van der Waals surface area contributed by atoms with Crippen LogP contribution in [-0.4, -0.2) is 25.1 Å². The second-order valence-electron chi connectivity index (χ2n) is 5.04. The van der Waals surface area contributed by atoms with Crippen LogP contribution in [0.25, 0.3) is 10.9 Å². The molecule has 5 heteroatoms. The molecule has 1 aromatic carbocycles. The number of pyridine rings is 1. The van der Waals surface area contributed by atoms with Crippen LogP contribution in [-0.2, 0) is 0 Å². The first-order valence-corrected chi connectivity index (χ1v) is 6.84. The average Bonchev–Trinajstić information content (AvgIpc) is 2.99. The quantitative estimate of drug-likeness (QED) is 0.924. The molecule has 2 heterocycles. The smallest absolute Gasteiger partial charge is 0.280 e. The largest absolute Gasteiger partial charge is 0.388 e. The predicted octanol–water partition coefficient (Wildman–Crippen LogP) is 3.81. The number of halogens is 2. The third-order valence-electron chi connectivity index (χ3n) is 3.78. The van der Waals surface area contributed by atoms with Crippen LogP contribution < -0.4 is 10.2 Å². The highest BCUT2D eigenvalue weighted by Gasteiger charge is 2.16. The fourth-order valence-electron chi connectivity index (χ4n) is 2.72. The van der Waals surface area contributed by atoms with Crippen LogP contribution in [0.4, 0.5) is 20.2 Å². The van der Waals surface area contributed by atoms with Gasteiger partial charge in [-0.1, -0.05) is 0 Å². The zero-order chi connectivity index (χ0) is 14.1. The lowest BCUT2D eigenvalue weighted by Crippen LogP contribution is -2.17. The number of alkyl halides is 2.